The van der Waals surface area contributed by atoms with Crippen molar-refractivity contribution in [2.45, 2.75) is 25.9 Å². The fourth-order valence-corrected chi connectivity index (χ4v) is 4.09. The second kappa shape index (κ2) is 8.24. The molecule has 31 heavy (non-hydrogen) atoms. The first-order valence-corrected chi connectivity index (χ1v) is 10.6. The molecule has 0 amide bonds. The molecular weight excluding hydrogens is 398 g/mol. The monoisotopic (exact) mass is 423 g/mol. The molecule has 0 aromatic carbocycles. The zero-order valence-electron chi connectivity index (χ0n) is 17.7. The van der Waals surface area contributed by atoms with Gasteiger partial charge in [0.2, 0.25) is 5.95 Å². The van der Waals surface area contributed by atoms with Crippen molar-refractivity contribution in [3.05, 3.63) is 30.0 Å². The minimum Gasteiger partial charge on any atom is -0.452 e. The predicted octanol–water partition coefficient (Wildman–Crippen LogP) is 2.55. The molecule has 0 saturated carbocycles. The lowest BCUT2D eigenvalue weighted by molar-refractivity contribution is 0.0973. The fraction of sp³-hybridized carbons (Fsp3) is 0.455. The zero-order chi connectivity index (χ0) is 21.4. The predicted molar refractivity (Wildman–Crippen MR) is 116 cm³/mol. The molecule has 2 fully saturated rings. The third kappa shape index (κ3) is 3.75. The molecule has 2 atom stereocenters. The van der Waals surface area contributed by atoms with Gasteiger partial charge in [0.05, 0.1) is 43.9 Å². The maximum Gasteiger partial charge on any atom is 0.229 e. The molecule has 5 heterocycles. The number of aldehydes is 1. The Bertz CT molecular complexity index is 1100. The first-order valence-electron chi connectivity index (χ1n) is 10.6. The average Bonchev–Trinajstić information content (AvgIpc) is 3.28. The molecular formula is C22H25N5O4. The maximum atomic E-state index is 11.0. The molecule has 9 heteroatoms. The van der Waals surface area contributed by atoms with E-state index < -0.39 is 0 Å². The number of carbonyl (C=O) groups excluding carboxylic acids is 1. The van der Waals surface area contributed by atoms with Crippen LogP contribution in [0.5, 0.6) is 0 Å². The van der Waals surface area contributed by atoms with Crippen molar-refractivity contribution >= 4 is 29.1 Å². The average molecular weight is 423 g/mol. The van der Waals surface area contributed by atoms with Crippen LogP contribution in [-0.2, 0) is 9.47 Å². The summed E-state index contributed by atoms with van der Waals surface area (Å²) in [5.74, 6) is 2.31. The van der Waals surface area contributed by atoms with E-state index in [1.807, 2.05) is 12.1 Å². The fourth-order valence-electron chi connectivity index (χ4n) is 4.09. The largest absolute Gasteiger partial charge is 0.452 e. The van der Waals surface area contributed by atoms with Crippen LogP contribution in [0.15, 0.2) is 28.7 Å². The molecule has 0 aliphatic carbocycles. The number of aromatic nitrogens is 3. The van der Waals surface area contributed by atoms with E-state index in [-0.39, 0.29) is 17.8 Å². The van der Waals surface area contributed by atoms with Crippen molar-refractivity contribution in [2.75, 3.05) is 49.3 Å². The first-order chi connectivity index (χ1) is 15.1. The standard InChI is InChI=1S/C22H25N5O4/c1-14-12-29-9-7-26(14)21-17-4-5-18(19-6-3-16(11-28)31-19)23-20(17)24-22(25-21)27-8-10-30-13-15(27)2/h3-6,11,14-15H,7-10,12-13H2,1-2H3. The van der Waals surface area contributed by atoms with Crippen LogP contribution in [0.4, 0.5) is 11.8 Å². The van der Waals surface area contributed by atoms with Gasteiger partial charge in [-0.1, -0.05) is 0 Å². The second-order valence-corrected chi connectivity index (χ2v) is 7.97. The summed E-state index contributed by atoms with van der Waals surface area (Å²) >= 11 is 0. The number of rotatable bonds is 4. The Morgan fingerprint density at radius 2 is 1.68 bits per heavy atom. The summed E-state index contributed by atoms with van der Waals surface area (Å²) in [5, 5.41) is 0.879. The molecule has 5 rings (SSSR count). The van der Waals surface area contributed by atoms with Crippen molar-refractivity contribution in [3.8, 4) is 11.5 Å². The Labute approximate surface area is 180 Å². The van der Waals surface area contributed by atoms with Gasteiger partial charge in [0, 0.05) is 13.1 Å². The van der Waals surface area contributed by atoms with Gasteiger partial charge in [0.15, 0.2) is 23.5 Å². The number of fused-ring (bicyclic) bond motifs is 1. The quantitative estimate of drug-likeness (QED) is 0.587. The summed E-state index contributed by atoms with van der Waals surface area (Å²) in [5.41, 5.74) is 1.22. The molecule has 0 N–H and O–H groups in total. The van der Waals surface area contributed by atoms with Crippen LogP contribution in [-0.4, -0.2) is 72.8 Å². The molecule has 162 valence electrons. The van der Waals surface area contributed by atoms with E-state index in [1.165, 1.54) is 0 Å². The van der Waals surface area contributed by atoms with Crippen molar-refractivity contribution in [3.63, 3.8) is 0 Å². The maximum absolute atomic E-state index is 11.0. The summed E-state index contributed by atoms with van der Waals surface area (Å²) in [6.45, 7) is 8.32. The first kappa shape index (κ1) is 19.9. The molecule has 0 radical (unpaired) electrons. The Balaban J connectivity index is 1.64. The number of hydrogen-bond donors (Lipinski definition) is 0. The van der Waals surface area contributed by atoms with E-state index in [1.54, 1.807) is 12.1 Å². The van der Waals surface area contributed by atoms with E-state index in [0.29, 0.717) is 55.8 Å². The minimum atomic E-state index is 0.171. The van der Waals surface area contributed by atoms with Crippen LogP contribution in [0, 0.1) is 0 Å². The zero-order valence-corrected chi connectivity index (χ0v) is 17.7. The highest BCUT2D eigenvalue weighted by Gasteiger charge is 2.27. The smallest absolute Gasteiger partial charge is 0.229 e. The molecule has 0 spiro atoms. The molecule has 2 aliphatic heterocycles. The van der Waals surface area contributed by atoms with Gasteiger partial charge < -0.3 is 23.7 Å². The van der Waals surface area contributed by atoms with Crippen molar-refractivity contribution in [1.82, 2.24) is 15.0 Å². The third-order valence-corrected chi connectivity index (χ3v) is 5.79. The van der Waals surface area contributed by atoms with Crippen molar-refractivity contribution in [1.29, 1.82) is 0 Å². The summed E-state index contributed by atoms with van der Waals surface area (Å²) in [7, 11) is 0. The summed E-state index contributed by atoms with van der Waals surface area (Å²) < 4.78 is 16.8. The van der Waals surface area contributed by atoms with E-state index in [4.69, 9.17) is 28.8 Å². The van der Waals surface area contributed by atoms with Crippen LogP contribution in [0.25, 0.3) is 22.5 Å². The highest BCUT2D eigenvalue weighted by molar-refractivity contribution is 5.90. The number of anilines is 2. The Morgan fingerprint density at radius 3 is 2.35 bits per heavy atom. The van der Waals surface area contributed by atoms with Crippen LogP contribution < -0.4 is 9.80 Å². The van der Waals surface area contributed by atoms with Crippen molar-refractivity contribution in [2.24, 2.45) is 0 Å². The van der Waals surface area contributed by atoms with Crippen LogP contribution >= 0.6 is 0 Å². The molecule has 9 nitrogen and oxygen atoms in total. The number of morpholine rings is 2. The van der Waals surface area contributed by atoms with E-state index in [9.17, 15) is 4.79 Å². The molecule has 3 aromatic rings. The summed E-state index contributed by atoms with van der Waals surface area (Å²) in [6.07, 6.45) is 0.683. The lowest BCUT2D eigenvalue weighted by atomic mass is 10.2. The summed E-state index contributed by atoms with van der Waals surface area (Å²) in [4.78, 5) is 30.0. The Hall–Kier alpha value is -3.04. The highest BCUT2D eigenvalue weighted by Crippen LogP contribution is 2.31. The Morgan fingerprint density at radius 1 is 0.935 bits per heavy atom. The molecule has 0 bridgehead atoms. The van der Waals surface area contributed by atoms with Gasteiger partial charge in [-0.3, -0.25) is 4.79 Å². The second-order valence-electron chi connectivity index (χ2n) is 7.97. The molecule has 2 saturated heterocycles. The van der Waals surface area contributed by atoms with Gasteiger partial charge in [0.1, 0.15) is 11.5 Å². The number of nitrogens with zero attached hydrogens (tertiary/aromatic N) is 5. The SMILES string of the molecule is CC1COCCN1c1nc(N2CCOCC2C)c2ccc(-c3ccc(C=O)o3)nc2n1. The number of furan rings is 1. The Kier molecular flexibility index (Phi) is 5.29. The third-order valence-electron chi connectivity index (χ3n) is 5.79. The number of pyridine rings is 1. The van der Waals surface area contributed by atoms with Crippen molar-refractivity contribution < 1.29 is 18.7 Å². The lowest BCUT2D eigenvalue weighted by Crippen LogP contribution is -2.46. The lowest BCUT2D eigenvalue weighted by Gasteiger charge is -2.37. The van der Waals surface area contributed by atoms with Gasteiger partial charge in [-0.05, 0) is 38.1 Å². The van der Waals surface area contributed by atoms with Crippen LogP contribution in [0.2, 0.25) is 0 Å². The van der Waals surface area contributed by atoms with E-state index in [2.05, 4.69) is 23.6 Å². The normalized spacial score (nSPS) is 22.1. The summed E-state index contributed by atoms with van der Waals surface area (Å²) in [6, 6.07) is 7.60. The number of ether oxygens (including phenoxy) is 2. The van der Waals surface area contributed by atoms with E-state index >= 15 is 0 Å². The number of hydrogen-bond acceptors (Lipinski definition) is 9. The van der Waals surface area contributed by atoms with E-state index in [0.717, 1.165) is 24.3 Å². The number of carbonyl (C=O) groups is 1. The van der Waals surface area contributed by atoms with Gasteiger partial charge in [-0.2, -0.15) is 9.97 Å². The van der Waals surface area contributed by atoms with Gasteiger partial charge >= 0.3 is 0 Å². The molecule has 3 aromatic heterocycles. The topological polar surface area (TPSA) is 93.8 Å². The van der Waals surface area contributed by atoms with Gasteiger partial charge in [0.25, 0.3) is 0 Å². The van der Waals surface area contributed by atoms with Gasteiger partial charge in [-0.25, -0.2) is 4.98 Å². The highest BCUT2D eigenvalue weighted by atomic mass is 16.5. The van der Waals surface area contributed by atoms with Crippen LogP contribution in [0.3, 0.4) is 0 Å². The van der Waals surface area contributed by atoms with Crippen LogP contribution in [0.1, 0.15) is 24.4 Å². The van der Waals surface area contributed by atoms with Gasteiger partial charge in [-0.15, -0.1) is 0 Å². The minimum absolute atomic E-state index is 0.171. The molecule has 2 unspecified atom stereocenters. The molecule has 2 aliphatic rings.